The van der Waals surface area contributed by atoms with Crippen LogP contribution in [0.3, 0.4) is 0 Å². The number of aryl methyl sites for hydroxylation is 1. The van der Waals surface area contributed by atoms with E-state index < -0.39 is 0 Å². The van der Waals surface area contributed by atoms with Gasteiger partial charge in [-0.2, -0.15) is 0 Å². The summed E-state index contributed by atoms with van der Waals surface area (Å²) in [5.41, 5.74) is 2.87. The molecule has 94 valence electrons. The van der Waals surface area contributed by atoms with E-state index in [1.54, 1.807) is 6.07 Å². The van der Waals surface area contributed by atoms with Crippen LogP contribution >= 0.6 is 15.9 Å². The monoisotopic (exact) mass is 308 g/mol. The van der Waals surface area contributed by atoms with Gasteiger partial charge in [-0.25, -0.2) is 4.39 Å². The molecule has 0 aliphatic heterocycles. The number of halogens is 2. The maximum absolute atomic E-state index is 13.6. The van der Waals surface area contributed by atoms with Gasteiger partial charge in [0, 0.05) is 11.9 Å². The summed E-state index contributed by atoms with van der Waals surface area (Å²) in [6.45, 7) is 1.94. The van der Waals surface area contributed by atoms with Crippen LogP contribution in [0.1, 0.15) is 22.9 Å². The summed E-state index contributed by atoms with van der Waals surface area (Å²) in [6.07, 6.45) is 1.82. The lowest BCUT2D eigenvalue weighted by Crippen LogP contribution is -2.18. The van der Waals surface area contributed by atoms with Gasteiger partial charge in [-0.3, -0.25) is 4.98 Å². The molecule has 1 heterocycles. The zero-order chi connectivity index (χ0) is 13.1. The second-order valence-electron chi connectivity index (χ2n) is 4.13. The van der Waals surface area contributed by atoms with Crippen LogP contribution in [-0.2, 0) is 0 Å². The number of nitrogens with one attached hydrogen (secondary N) is 1. The Morgan fingerprint density at radius 3 is 2.50 bits per heavy atom. The summed E-state index contributed by atoms with van der Waals surface area (Å²) < 4.78 is 14.0. The minimum absolute atomic E-state index is 0.0549. The molecule has 0 aliphatic carbocycles. The van der Waals surface area contributed by atoms with Crippen LogP contribution in [0.15, 0.2) is 41.0 Å². The topological polar surface area (TPSA) is 24.9 Å². The van der Waals surface area contributed by atoms with Crippen LogP contribution in [0, 0.1) is 12.7 Å². The maximum atomic E-state index is 13.6. The van der Waals surface area contributed by atoms with Crippen LogP contribution in [0.5, 0.6) is 0 Å². The van der Waals surface area contributed by atoms with Gasteiger partial charge in [0.2, 0.25) is 0 Å². The number of aromatic nitrogens is 1. The molecule has 2 rings (SSSR count). The highest BCUT2D eigenvalue weighted by Crippen LogP contribution is 2.25. The van der Waals surface area contributed by atoms with Crippen LogP contribution in [0.4, 0.5) is 4.39 Å². The molecule has 1 unspecified atom stereocenters. The second kappa shape index (κ2) is 5.59. The highest BCUT2D eigenvalue weighted by Gasteiger charge is 2.13. The minimum atomic E-state index is -0.257. The van der Waals surface area contributed by atoms with Crippen molar-refractivity contribution in [3.63, 3.8) is 0 Å². The van der Waals surface area contributed by atoms with Crippen molar-refractivity contribution in [2.75, 3.05) is 7.05 Å². The lowest BCUT2D eigenvalue weighted by atomic mass is 10.00. The number of hydrogen-bond donors (Lipinski definition) is 1. The molecular formula is C14H14BrFN2. The number of rotatable bonds is 3. The van der Waals surface area contributed by atoms with E-state index in [1.807, 2.05) is 38.4 Å². The largest absolute Gasteiger partial charge is 0.309 e. The summed E-state index contributed by atoms with van der Waals surface area (Å²) >= 11 is 3.16. The predicted molar refractivity (Wildman–Crippen MR) is 74.0 cm³/mol. The normalized spacial score (nSPS) is 12.4. The van der Waals surface area contributed by atoms with Crippen molar-refractivity contribution in [1.29, 1.82) is 0 Å². The van der Waals surface area contributed by atoms with E-state index >= 15 is 0 Å². The molecule has 1 aromatic carbocycles. The molecule has 0 bridgehead atoms. The molecule has 18 heavy (non-hydrogen) atoms. The van der Waals surface area contributed by atoms with Crippen molar-refractivity contribution < 1.29 is 4.39 Å². The molecule has 0 saturated heterocycles. The Morgan fingerprint density at radius 1 is 1.22 bits per heavy atom. The van der Waals surface area contributed by atoms with Crippen LogP contribution < -0.4 is 5.32 Å². The zero-order valence-corrected chi connectivity index (χ0v) is 11.8. The number of benzene rings is 1. The SMILES string of the molecule is CNC(c1ccc(C)nc1)c1ccc(Br)c(F)c1. The first kappa shape index (κ1) is 13.2. The lowest BCUT2D eigenvalue weighted by Gasteiger charge is -2.17. The fraction of sp³-hybridized carbons (Fsp3) is 0.214. The predicted octanol–water partition coefficient (Wildman–Crippen LogP) is 3.60. The summed E-state index contributed by atoms with van der Waals surface area (Å²) in [5.74, 6) is -0.257. The highest BCUT2D eigenvalue weighted by atomic mass is 79.9. The smallest absolute Gasteiger partial charge is 0.137 e. The van der Waals surface area contributed by atoms with Crippen molar-refractivity contribution in [3.8, 4) is 0 Å². The van der Waals surface area contributed by atoms with Gasteiger partial charge in [0.05, 0.1) is 10.5 Å². The minimum Gasteiger partial charge on any atom is -0.309 e. The lowest BCUT2D eigenvalue weighted by molar-refractivity contribution is 0.610. The van der Waals surface area contributed by atoms with Gasteiger partial charge in [0.15, 0.2) is 0 Å². The molecule has 1 atom stereocenters. The van der Waals surface area contributed by atoms with Crippen LogP contribution in [0.25, 0.3) is 0 Å². The van der Waals surface area contributed by atoms with Crippen molar-refractivity contribution in [3.05, 3.63) is 63.6 Å². The molecule has 0 aliphatic rings. The van der Waals surface area contributed by atoms with E-state index in [2.05, 4.69) is 26.2 Å². The van der Waals surface area contributed by atoms with E-state index in [-0.39, 0.29) is 11.9 Å². The quantitative estimate of drug-likeness (QED) is 0.937. The molecule has 2 nitrogen and oxygen atoms in total. The first-order chi connectivity index (χ1) is 8.61. The van der Waals surface area contributed by atoms with Crippen molar-refractivity contribution in [1.82, 2.24) is 10.3 Å². The summed E-state index contributed by atoms with van der Waals surface area (Å²) in [7, 11) is 1.85. The third kappa shape index (κ3) is 2.76. The molecule has 0 spiro atoms. The standard InChI is InChI=1S/C14H14BrFN2/c1-9-3-4-11(8-18-9)14(17-2)10-5-6-12(15)13(16)7-10/h3-8,14,17H,1-2H3. The number of pyridine rings is 1. The van der Waals surface area contributed by atoms with Gasteiger partial charge in [-0.05, 0) is 59.2 Å². The highest BCUT2D eigenvalue weighted by molar-refractivity contribution is 9.10. The van der Waals surface area contributed by atoms with Gasteiger partial charge in [-0.1, -0.05) is 12.1 Å². The van der Waals surface area contributed by atoms with Crippen molar-refractivity contribution >= 4 is 15.9 Å². The molecule has 0 saturated carbocycles. The maximum Gasteiger partial charge on any atom is 0.137 e. The number of hydrogen-bond acceptors (Lipinski definition) is 2. The average Bonchev–Trinajstić information content (AvgIpc) is 2.37. The third-order valence-electron chi connectivity index (χ3n) is 2.83. The van der Waals surface area contributed by atoms with Crippen LogP contribution in [0.2, 0.25) is 0 Å². The van der Waals surface area contributed by atoms with Crippen LogP contribution in [-0.4, -0.2) is 12.0 Å². The van der Waals surface area contributed by atoms with Gasteiger partial charge < -0.3 is 5.32 Å². The van der Waals surface area contributed by atoms with E-state index in [0.29, 0.717) is 4.47 Å². The Bertz CT molecular complexity index is 540. The first-order valence-electron chi connectivity index (χ1n) is 5.66. The second-order valence-corrected chi connectivity index (χ2v) is 4.98. The molecule has 2 aromatic rings. The van der Waals surface area contributed by atoms with Crippen molar-refractivity contribution in [2.45, 2.75) is 13.0 Å². The van der Waals surface area contributed by atoms with Crippen molar-refractivity contribution in [2.24, 2.45) is 0 Å². The fourth-order valence-electron chi connectivity index (χ4n) is 1.87. The fourth-order valence-corrected chi connectivity index (χ4v) is 2.11. The Morgan fingerprint density at radius 2 is 1.94 bits per heavy atom. The third-order valence-corrected chi connectivity index (χ3v) is 3.48. The van der Waals surface area contributed by atoms with E-state index in [0.717, 1.165) is 16.8 Å². The molecule has 0 amide bonds. The Kier molecular flexibility index (Phi) is 4.09. The Labute approximate surface area is 114 Å². The van der Waals surface area contributed by atoms with Gasteiger partial charge in [-0.15, -0.1) is 0 Å². The van der Waals surface area contributed by atoms with E-state index in [4.69, 9.17) is 0 Å². The molecule has 1 aromatic heterocycles. The average molecular weight is 309 g/mol. The number of nitrogens with zero attached hydrogens (tertiary/aromatic N) is 1. The van der Waals surface area contributed by atoms with E-state index in [1.165, 1.54) is 6.07 Å². The van der Waals surface area contributed by atoms with E-state index in [9.17, 15) is 4.39 Å². The Balaban J connectivity index is 2.38. The zero-order valence-electron chi connectivity index (χ0n) is 10.2. The first-order valence-corrected chi connectivity index (χ1v) is 6.46. The van der Waals surface area contributed by atoms with Gasteiger partial charge >= 0.3 is 0 Å². The molecule has 4 heteroatoms. The molecular weight excluding hydrogens is 295 g/mol. The van der Waals surface area contributed by atoms with Gasteiger partial charge in [0.1, 0.15) is 5.82 Å². The van der Waals surface area contributed by atoms with Gasteiger partial charge in [0.25, 0.3) is 0 Å². The summed E-state index contributed by atoms with van der Waals surface area (Å²) in [4.78, 5) is 4.27. The summed E-state index contributed by atoms with van der Waals surface area (Å²) in [5, 5.41) is 3.18. The molecule has 0 radical (unpaired) electrons. The Hall–Kier alpha value is -1.26. The summed E-state index contributed by atoms with van der Waals surface area (Å²) in [6, 6.07) is 9.05. The molecule has 0 fully saturated rings. The molecule has 1 N–H and O–H groups in total.